The van der Waals surface area contributed by atoms with Gasteiger partial charge in [-0.2, -0.15) is 5.26 Å². The summed E-state index contributed by atoms with van der Waals surface area (Å²) in [6, 6.07) is 1.90. The highest BCUT2D eigenvalue weighted by molar-refractivity contribution is 4.75. The maximum Gasteiger partial charge on any atom is 0.0796 e. The van der Waals surface area contributed by atoms with Crippen LogP contribution < -0.4 is 0 Å². The predicted octanol–water partition coefficient (Wildman–Crippen LogP) is -0.177. The van der Waals surface area contributed by atoms with E-state index in [4.69, 9.17) is 10.4 Å². The number of nitrogens with zero attached hydrogens (tertiary/aromatic N) is 2. The smallest absolute Gasteiger partial charge is 0.0796 e. The topological polar surface area (TPSA) is 47.3 Å². The Morgan fingerprint density at radius 3 is 2.56 bits per heavy atom. The van der Waals surface area contributed by atoms with E-state index < -0.39 is 6.10 Å². The number of aliphatic hydroxyl groups is 1. The second kappa shape index (κ2) is 4.30. The fourth-order valence-corrected chi connectivity index (χ4v) is 0.591. The molecule has 3 nitrogen and oxygen atoms in total. The summed E-state index contributed by atoms with van der Waals surface area (Å²) in [5.74, 6) is 0. The Bertz CT molecular complexity index is 106. The van der Waals surface area contributed by atoms with Crippen molar-refractivity contribution in [1.82, 2.24) is 4.90 Å². The van der Waals surface area contributed by atoms with Gasteiger partial charge in [0, 0.05) is 6.54 Å². The lowest BCUT2D eigenvalue weighted by Gasteiger charge is -2.12. The minimum Gasteiger partial charge on any atom is -0.391 e. The van der Waals surface area contributed by atoms with Crippen LogP contribution in [-0.4, -0.2) is 36.8 Å². The van der Waals surface area contributed by atoms with Gasteiger partial charge in [-0.05, 0) is 14.1 Å². The quantitative estimate of drug-likeness (QED) is 0.573. The summed E-state index contributed by atoms with van der Waals surface area (Å²) in [6.45, 7) is 0.563. The molecule has 9 heavy (non-hydrogen) atoms. The van der Waals surface area contributed by atoms with E-state index >= 15 is 0 Å². The van der Waals surface area contributed by atoms with Gasteiger partial charge >= 0.3 is 0 Å². The number of likely N-dealkylation sites (N-methyl/N-ethyl adjacent to an activating group) is 1. The van der Waals surface area contributed by atoms with Crippen molar-refractivity contribution in [3.63, 3.8) is 0 Å². The highest BCUT2D eigenvalue weighted by atomic mass is 16.3. The van der Waals surface area contributed by atoms with Gasteiger partial charge in [0.05, 0.1) is 18.6 Å². The number of hydrogen-bond donors (Lipinski definition) is 1. The molecule has 0 saturated heterocycles. The molecule has 0 saturated carbocycles. The Morgan fingerprint density at radius 2 is 2.22 bits per heavy atom. The molecule has 0 unspecified atom stereocenters. The summed E-state index contributed by atoms with van der Waals surface area (Å²) in [5, 5.41) is 17.1. The van der Waals surface area contributed by atoms with Gasteiger partial charge in [-0.3, -0.25) is 0 Å². The molecule has 0 amide bonds. The average Bonchev–Trinajstić information content (AvgIpc) is 1.63. The number of rotatable bonds is 3. The molecular weight excluding hydrogens is 116 g/mol. The summed E-state index contributed by atoms with van der Waals surface area (Å²) in [6.07, 6.45) is -0.275. The molecule has 0 aliphatic heterocycles. The van der Waals surface area contributed by atoms with Crippen LogP contribution >= 0.6 is 0 Å². The third kappa shape index (κ3) is 5.28. The van der Waals surface area contributed by atoms with E-state index in [1.54, 1.807) is 0 Å². The van der Waals surface area contributed by atoms with Gasteiger partial charge in [-0.25, -0.2) is 0 Å². The lowest BCUT2D eigenvalue weighted by atomic mass is 10.3. The van der Waals surface area contributed by atoms with Crippen LogP contribution in [0.2, 0.25) is 0 Å². The predicted molar refractivity (Wildman–Crippen MR) is 34.8 cm³/mol. The van der Waals surface area contributed by atoms with Crippen molar-refractivity contribution in [2.75, 3.05) is 20.6 Å². The fraction of sp³-hybridized carbons (Fsp3) is 0.833. The Kier molecular flexibility index (Phi) is 4.02. The van der Waals surface area contributed by atoms with E-state index in [1.165, 1.54) is 0 Å². The summed E-state index contributed by atoms with van der Waals surface area (Å²) >= 11 is 0. The van der Waals surface area contributed by atoms with Crippen LogP contribution in [0.15, 0.2) is 0 Å². The van der Waals surface area contributed by atoms with Gasteiger partial charge < -0.3 is 10.0 Å². The van der Waals surface area contributed by atoms with Crippen LogP contribution in [-0.2, 0) is 0 Å². The first kappa shape index (κ1) is 8.41. The molecule has 0 spiro atoms. The molecule has 1 atom stereocenters. The Hall–Kier alpha value is -0.590. The molecule has 0 aromatic rings. The largest absolute Gasteiger partial charge is 0.391 e. The second-order valence-corrected chi connectivity index (χ2v) is 2.28. The molecule has 52 valence electrons. The van der Waals surface area contributed by atoms with Crippen LogP contribution in [0.4, 0.5) is 0 Å². The third-order valence-corrected chi connectivity index (χ3v) is 0.903. The van der Waals surface area contributed by atoms with E-state index in [9.17, 15) is 0 Å². The molecule has 1 N–H and O–H groups in total. The van der Waals surface area contributed by atoms with Crippen LogP contribution in [0.1, 0.15) is 6.42 Å². The van der Waals surface area contributed by atoms with Gasteiger partial charge in [-0.1, -0.05) is 0 Å². The second-order valence-electron chi connectivity index (χ2n) is 2.28. The highest BCUT2D eigenvalue weighted by Gasteiger charge is 2.02. The van der Waals surface area contributed by atoms with Crippen molar-refractivity contribution < 1.29 is 5.11 Å². The summed E-state index contributed by atoms with van der Waals surface area (Å²) in [5.41, 5.74) is 0. The lowest BCUT2D eigenvalue weighted by Crippen LogP contribution is -2.25. The minimum absolute atomic E-state index is 0.220. The fourth-order valence-electron chi connectivity index (χ4n) is 0.591. The highest BCUT2D eigenvalue weighted by Crippen LogP contribution is 1.89. The van der Waals surface area contributed by atoms with Crippen LogP contribution in [0.5, 0.6) is 0 Å². The SMILES string of the molecule is CN(C)C[C@H](O)CC#N. The molecule has 0 aliphatic rings. The first-order chi connectivity index (χ1) is 4.16. The van der Waals surface area contributed by atoms with E-state index in [1.807, 2.05) is 25.1 Å². The number of hydrogen-bond acceptors (Lipinski definition) is 3. The van der Waals surface area contributed by atoms with Crippen molar-refractivity contribution in [2.45, 2.75) is 12.5 Å². The summed E-state index contributed by atoms with van der Waals surface area (Å²) < 4.78 is 0. The first-order valence-electron chi connectivity index (χ1n) is 2.86. The molecule has 0 rings (SSSR count). The van der Waals surface area contributed by atoms with Crippen LogP contribution in [0.25, 0.3) is 0 Å². The monoisotopic (exact) mass is 128 g/mol. The van der Waals surface area contributed by atoms with Gasteiger partial charge in [0.25, 0.3) is 0 Å². The third-order valence-electron chi connectivity index (χ3n) is 0.903. The van der Waals surface area contributed by atoms with E-state index in [2.05, 4.69) is 0 Å². The molecule has 3 heteroatoms. The Morgan fingerprint density at radius 1 is 1.67 bits per heavy atom. The van der Waals surface area contributed by atoms with Crippen LogP contribution in [0.3, 0.4) is 0 Å². The Balaban J connectivity index is 3.29. The Labute approximate surface area is 55.5 Å². The van der Waals surface area contributed by atoms with Gasteiger partial charge in [0.2, 0.25) is 0 Å². The normalized spacial score (nSPS) is 13.2. The number of nitriles is 1. The standard InChI is InChI=1S/C6H12N2O/c1-8(2)5-6(9)3-4-7/h6,9H,3,5H2,1-2H3/t6-/m1/s1. The van der Waals surface area contributed by atoms with Crippen molar-refractivity contribution in [3.05, 3.63) is 0 Å². The van der Waals surface area contributed by atoms with Gasteiger partial charge in [0.15, 0.2) is 0 Å². The zero-order valence-corrected chi connectivity index (χ0v) is 5.83. The molecule has 0 bridgehead atoms. The molecule has 0 aromatic heterocycles. The van der Waals surface area contributed by atoms with Crippen molar-refractivity contribution in [2.24, 2.45) is 0 Å². The summed E-state index contributed by atoms with van der Waals surface area (Å²) in [7, 11) is 3.72. The van der Waals surface area contributed by atoms with E-state index in [0.717, 1.165) is 0 Å². The molecular formula is C6H12N2O. The zero-order valence-electron chi connectivity index (χ0n) is 5.83. The number of aliphatic hydroxyl groups excluding tert-OH is 1. The van der Waals surface area contributed by atoms with E-state index in [-0.39, 0.29) is 6.42 Å². The van der Waals surface area contributed by atoms with Crippen molar-refractivity contribution in [3.8, 4) is 6.07 Å². The van der Waals surface area contributed by atoms with Crippen molar-refractivity contribution >= 4 is 0 Å². The van der Waals surface area contributed by atoms with Gasteiger partial charge in [0.1, 0.15) is 0 Å². The first-order valence-corrected chi connectivity index (χ1v) is 2.86. The molecule has 0 heterocycles. The molecule has 0 aliphatic carbocycles. The maximum atomic E-state index is 8.96. The molecule has 0 aromatic carbocycles. The molecule has 0 radical (unpaired) electrons. The summed E-state index contributed by atoms with van der Waals surface area (Å²) in [4.78, 5) is 1.85. The van der Waals surface area contributed by atoms with Gasteiger partial charge in [-0.15, -0.1) is 0 Å². The van der Waals surface area contributed by atoms with Crippen LogP contribution in [0, 0.1) is 11.3 Å². The average molecular weight is 128 g/mol. The minimum atomic E-state index is -0.495. The lowest BCUT2D eigenvalue weighted by molar-refractivity contribution is 0.141. The molecule has 0 fully saturated rings. The van der Waals surface area contributed by atoms with E-state index in [0.29, 0.717) is 6.54 Å². The maximum absolute atomic E-state index is 8.96. The van der Waals surface area contributed by atoms with Crippen molar-refractivity contribution in [1.29, 1.82) is 5.26 Å². The zero-order chi connectivity index (χ0) is 7.28.